The summed E-state index contributed by atoms with van der Waals surface area (Å²) >= 11 is 0. The molecule has 0 radical (unpaired) electrons. The highest BCUT2D eigenvalue weighted by Gasteiger charge is 2.55. The lowest BCUT2D eigenvalue weighted by Crippen LogP contribution is -2.61. The monoisotopic (exact) mass is 440 g/mol. The van der Waals surface area contributed by atoms with Gasteiger partial charge in [0.05, 0.1) is 29.1 Å². The second-order valence-corrected chi connectivity index (χ2v) is 11.5. The lowest BCUT2D eigenvalue weighted by atomic mass is 9.52. The number of carbonyl (C=O) groups excluding carboxylic acids is 1. The molecule has 2 heterocycles. The van der Waals surface area contributed by atoms with E-state index >= 15 is 0 Å². The summed E-state index contributed by atoms with van der Waals surface area (Å²) in [5, 5.41) is 14.3. The van der Waals surface area contributed by atoms with Crippen LogP contribution in [0.3, 0.4) is 0 Å². The summed E-state index contributed by atoms with van der Waals surface area (Å²) in [7, 11) is 0. The highest BCUT2D eigenvalue weighted by Crippen LogP contribution is 2.55. The Hall–Kier alpha value is -1.73. The standard InChI is InChI=1S/C25H36N4O3/c1-14-12-29(13-15(2)32-14)24-26-11-20(22(28-24)17-4-3-5-17)23(30)27-21-18-6-16-7-19(21)10-25(31,8-16)9-18/h11,14-19,21,31H,3-10,12-13H2,1-2H3,(H,27,30)/t14-,15+,16?,18?,19?,21?,25?. The Morgan fingerprint density at radius 1 is 1.16 bits per heavy atom. The van der Waals surface area contributed by atoms with Crippen molar-refractivity contribution in [2.75, 3.05) is 18.0 Å². The van der Waals surface area contributed by atoms with Gasteiger partial charge in [-0.2, -0.15) is 0 Å². The van der Waals surface area contributed by atoms with E-state index in [1.807, 2.05) is 0 Å². The van der Waals surface area contributed by atoms with Crippen molar-refractivity contribution in [2.45, 2.75) is 95.0 Å². The second kappa shape index (κ2) is 7.66. The fraction of sp³-hybridized carbons (Fsp3) is 0.800. The van der Waals surface area contributed by atoms with Crippen molar-refractivity contribution in [3.63, 3.8) is 0 Å². The minimum atomic E-state index is -0.480. The van der Waals surface area contributed by atoms with Crippen molar-refractivity contribution in [3.8, 4) is 0 Å². The Balaban J connectivity index is 1.24. The molecule has 2 unspecified atom stereocenters. The van der Waals surface area contributed by atoms with Crippen LogP contribution in [0.4, 0.5) is 5.95 Å². The fourth-order valence-electron chi connectivity index (χ4n) is 7.49. The second-order valence-electron chi connectivity index (χ2n) is 11.5. The molecule has 5 aliphatic carbocycles. The summed E-state index contributed by atoms with van der Waals surface area (Å²) in [5.41, 5.74) is 1.10. The lowest BCUT2D eigenvalue weighted by Gasteiger charge is -2.58. The van der Waals surface area contributed by atoms with Gasteiger partial charge in [0.25, 0.3) is 5.91 Å². The molecular weight excluding hydrogens is 404 g/mol. The van der Waals surface area contributed by atoms with Crippen molar-refractivity contribution in [1.29, 1.82) is 0 Å². The summed E-state index contributed by atoms with van der Waals surface area (Å²) in [4.78, 5) is 25.3. The van der Waals surface area contributed by atoms with Gasteiger partial charge in [-0.1, -0.05) is 6.42 Å². The molecule has 4 bridgehead atoms. The zero-order chi connectivity index (χ0) is 22.0. The molecule has 0 spiro atoms. The number of rotatable bonds is 4. The van der Waals surface area contributed by atoms with E-state index < -0.39 is 5.60 Å². The number of amides is 1. The van der Waals surface area contributed by atoms with Crippen molar-refractivity contribution in [1.82, 2.24) is 15.3 Å². The first-order valence-electron chi connectivity index (χ1n) is 12.7. The van der Waals surface area contributed by atoms with Gasteiger partial charge in [-0.05, 0) is 76.5 Å². The maximum atomic E-state index is 13.5. The number of carbonyl (C=O) groups is 1. The molecule has 1 aliphatic heterocycles. The van der Waals surface area contributed by atoms with Gasteiger partial charge in [-0.25, -0.2) is 9.97 Å². The zero-order valence-electron chi connectivity index (χ0n) is 19.3. The van der Waals surface area contributed by atoms with Crippen LogP contribution >= 0.6 is 0 Å². The maximum Gasteiger partial charge on any atom is 0.254 e. The molecular formula is C25H36N4O3. The fourth-order valence-corrected chi connectivity index (χ4v) is 7.49. The average Bonchev–Trinajstić information content (AvgIpc) is 2.67. The number of aromatic nitrogens is 2. The van der Waals surface area contributed by atoms with E-state index in [2.05, 4.69) is 29.0 Å². The molecule has 32 heavy (non-hydrogen) atoms. The van der Waals surface area contributed by atoms with Gasteiger partial charge in [-0.3, -0.25) is 4.79 Å². The number of morpholine rings is 1. The van der Waals surface area contributed by atoms with E-state index in [4.69, 9.17) is 9.72 Å². The third-order valence-electron chi connectivity index (χ3n) is 8.78. The third-order valence-corrected chi connectivity index (χ3v) is 8.78. The van der Waals surface area contributed by atoms with Crippen LogP contribution in [0.15, 0.2) is 6.20 Å². The Morgan fingerprint density at radius 3 is 2.44 bits per heavy atom. The smallest absolute Gasteiger partial charge is 0.254 e. The first kappa shape index (κ1) is 20.8. The third kappa shape index (κ3) is 3.61. The highest BCUT2D eigenvalue weighted by atomic mass is 16.5. The van der Waals surface area contributed by atoms with Crippen LogP contribution in [0.2, 0.25) is 0 Å². The van der Waals surface area contributed by atoms with Crippen LogP contribution in [-0.4, -0.2) is 57.9 Å². The highest BCUT2D eigenvalue weighted by molar-refractivity contribution is 5.95. The minimum absolute atomic E-state index is 0.0216. The quantitative estimate of drug-likeness (QED) is 0.748. The molecule has 0 aromatic carbocycles. The van der Waals surface area contributed by atoms with E-state index in [1.54, 1.807) is 6.20 Å². The summed E-state index contributed by atoms with van der Waals surface area (Å²) in [6.45, 7) is 5.71. The SMILES string of the molecule is C[C@@H]1CN(c2ncc(C(=O)NC3C4CC5CC3CC(O)(C5)C4)c(C3CCC3)n2)C[C@H](C)O1. The lowest BCUT2D eigenvalue weighted by molar-refractivity contribution is -0.136. The number of aliphatic hydroxyl groups is 1. The van der Waals surface area contributed by atoms with Crippen LogP contribution < -0.4 is 10.2 Å². The van der Waals surface area contributed by atoms with E-state index in [1.165, 1.54) is 6.42 Å². The first-order valence-corrected chi connectivity index (χ1v) is 12.7. The van der Waals surface area contributed by atoms with E-state index in [0.717, 1.165) is 69.7 Å². The Bertz CT molecular complexity index is 877. The molecule has 6 aliphatic rings. The molecule has 1 aromatic heterocycles. The predicted octanol–water partition coefficient (Wildman–Crippen LogP) is 3.03. The predicted molar refractivity (Wildman–Crippen MR) is 121 cm³/mol. The van der Waals surface area contributed by atoms with Gasteiger partial charge in [0.2, 0.25) is 5.95 Å². The molecule has 2 N–H and O–H groups in total. The molecule has 4 atom stereocenters. The number of nitrogens with one attached hydrogen (secondary N) is 1. The Labute approximate surface area is 190 Å². The van der Waals surface area contributed by atoms with Gasteiger partial charge < -0.3 is 20.1 Å². The molecule has 5 saturated carbocycles. The zero-order valence-corrected chi connectivity index (χ0v) is 19.3. The number of ether oxygens (including phenoxy) is 1. The topological polar surface area (TPSA) is 87.6 Å². The molecule has 1 aromatic rings. The Kier molecular flexibility index (Phi) is 4.99. The van der Waals surface area contributed by atoms with Crippen LogP contribution in [0.5, 0.6) is 0 Å². The van der Waals surface area contributed by atoms with Gasteiger partial charge >= 0.3 is 0 Å². The average molecular weight is 441 g/mol. The van der Waals surface area contributed by atoms with Gasteiger partial charge in [0, 0.05) is 31.2 Å². The van der Waals surface area contributed by atoms with Crippen molar-refractivity contribution >= 4 is 11.9 Å². The molecule has 7 rings (SSSR count). The molecule has 174 valence electrons. The summed E-state index contributed by atoms with van der Waals surface area (Å²) in [6.07, 6.45) is 10.3. The van der Waals surface area contributed by atoms with Gasteiger partial charge in [-0.15, -0.1) is 0 Å². The Morgan fingerprint density at radius 2 is 1.84 bits per heavy atom. The van der Waals surface area contributed by atoms with E-state index in [9.17, 15) is 9.90 Å². The number of anilines is 1. The van der Waals surface area contributed by atoms with Crippen molar-refractivity contribution in [3.05, 3.63) is 17.5 Å². The minimum Gasteiger partial charge on any atom is -0.390 e. The molecule has 7 heteroatoms. The van der Waals surface area contributed by atoms with E-state index in [-0.39, 0.29) is 24.2 Å². The molecule has 7 nitrogen and oxygen atoms in total. The normalized spacial score (nSPS) is 40.9. The number of hydrogen-bond donors (Lipinski definition) is 2. The largest absolute Gasteiger partial charge is 0.390 e. The van der Waals surface area contributed by atoms with Gasteiger partial charge in [0.15, 0.2) is 0 Å². The number of hydrogen-bond acceptors (Lipinski definition) is 6. The van der Waals surface area contributed by atoms with Crippen LogP contribution in [0, 0.1) is 17.8 Å². The van der Waals surface area contributed by atoms with E-state index in [0.29, 0.717) is 29.2 Å². The van der Waals surface area contributed by atoms with Gasteiger partial charge in [0.1, 0.15) is 0 Å². The molecule has 6 fully saturated rings. The molecule has 1 saturated heterocycles. The van der Waals surface area contributed by atoms with Crippen LogP contribution in [-0.2, 0) is 4.74 Å². The summed E-state index contributed by atoms with van der Waals surface area (Å²) < 4.78 is 5.87. The van der Waals surface area contributed by atoms with Crippen LogP contribution in [0.1, 0.15) is 87.2 Å². The molecule has 1 amide bonds. The van der Waals surface area contributed by atoms with Crippen molar-refractivity contribution < 1.29 is 14.6 Å². The van der Waals surface area contributed by atoms with Crippen molar-refractivity contribution in [2.24, 2.45) is 17.8 Å². The first-order chi connectivity index (χ1) is 15.4. The van der Waals surface area contributed by atoms with Crippen LogP contribution in [0.25, 0.3) is 0 Å². The maximum absolute atomic E-state index is 13.5. The number of nitrogens with zero attached hydrogens (tertiary/aromatic N) is 3. The summed E-state index contributed by atoms with van der Waals surface area (Å²) in [5.74, 6) is 2.50. The summed E-state index contributed by atoms with van der Waals surface area (Å²) in [6, 6.07) is 0.175.